The molecule has 0 radical (unpaired) electrons. The summed E-state index contributed by atoms with van der Waals surface area (Å²) in [7, 11) is 0. The maximum atomic E-state index is 11.1. The molecule has 0 bridgehead atoms. The van der Waals surface area contributed by atoms with Crippen molar-refractivity contribution < 1.29 is 14.6 Å². The maximum Gasteiger partial charge on any atom is 0.313 e. The molecule has 2 heterocycles. The second-order valence-corrected chi connectivity index (χ2v) is 4.51. The number of carboxylic acid groups (broad SMARTS) is 1. The Kier molecular flexibility index (Phi) is 2.57. The van der Waals surface area contributed by atoms with E-state index in [0.29, 0.717) is 11.7 Å². The molecule has 0 aromatic carbocycles. The van der Waals surface area contributed by atoms with Crippen LogP contribution in [-0.2, 0) is 9.53 Å². The molecule has 0 spiro atoms. The third-order valence-electron chi connectivity index (χ3n) is 2.60. The Balaban J connectivity index is 2.12. The van der Waals surface area contributed by atoms with Gasteiger partial charge in [0.25, 0.3) is 0 Å². The number of hydrogen-bond acceptors (Lipinski definition) is 6. The molecule has 1 aliphatic rings. The predicted octanol–water partition coefficient (Wildman–Crippen LogP) is 0.440. The SMILES string of the molecule is CC1(C(=O)O)COCC1Nc1nncs1. The molecule has 15 heavy (non-hydrogen) atoms. The van der Waals surface area contributed by atoms with E-state index in [-0.39, 0.29) is 12.6 Å². The van der Waals surface area contributed by atoms with Gasteiger partial charge in [0.05, 0.1) is 19.3 Å². The summed E-state index contributed by atoms with van der Waals surface area (Å²) in [6.07, 6.45) is 0. The predicted molar refractivity (Wildman–Crippen MR) is 53.9 cm³/mol. The highest BCUT2D eigenvalue weighted by atomic mass is 32.1. The van der Waals surface area contributed by atoms with Gasteiger partial charge in [-0.25, -0.2) is 0 Å². The first-order valence-corrected chi connectivity index (χ1v) is 5.35. The van der Waals surface area contributed by atoms with Crippen molar-refractivity contribution in [3.8, 4) is 0 Å². The fourth-order valence-corrected chi connectivity index (χ4v) is 1.97. The minimum absolute atomic E-state index is 0.221. The van der Waals surface area contributed by atoms with Crippen molar-refractivity contribution in [3.05, 3.63) is 5.51 Å². The number of anilines is 1. The molecule has 82 valence electrons. The van der Waals surface area contributed by atoms with Gasteiger partial charge >= 0.3 is 5.97 Å². The Morgan fingerprint density at radius 2 is 2.67 bits per heavy atom. The number of nitrogens with zero attached hydrogens (tertiary/aromatic N) is 2. The molecule has 1 aliphatic heterocycles. The van der Waals surface area contributed by atoms with Crippen LogP contribution in [0.1, 0.15) is 6.92 Å². The molecule has 2 N–H and O–H groups in total. The van der Waals surface area contributed by atoms with Crippen LogP contribution in [0.25, 0.3) is 0 Å². The smallest absolute Gasteiger partial charge is 0.313 e. The molecule has 2 rings (SSSR count). The summed E-state index contributed by atoms with van der Waals surface area (Å²) < 4.78 is 5.20. The van der Waals surface area contributed by atoms with E-state index in [0.717, 1.165) is 0 Å². The van der Waals surface area contributed by atoms with Crippen LogP contribution < -0.4 is 5.32 Å². The molecule has 0 amide bonds. The number of carbonyl (C=O) groups is 1. The molecular formula is C8H11N3O3S. The normalized spacial score (nSPS) is 30.3. The zero-order valence-electron chi connectivity index (χ0n) is 8.14. The Morgan fingerprint density at radius 3 is 3.27 bits per heavy atom. The Labute approximate surface area is 90.3 Å². The van der Waals surface area contributed by atoms with Gasteiger partial charge in [-0.2, -0.15) is 0 Å². The Morgan fingerprint density at radius 1 is 1.87 bits per heavy atom. The lowest BCUT2D eigenvalue weighted by molar-refractivity contribution is -0.148. The summed E-state index contributed by atoms with van der Waals surface area (Å²) in [6, 6.07) is -0.261. The quantitative estimate of drug-likeness (QED) is 0.782. The molecule has 1 fully saturated rings. The van der Waals surface area contributed by atoms with Gasteiger partial charge in [-0.1, -0.05) is 11.3 Å². The third-order valence-corrected chi connectivity index (χ3v) is 3.22. The van der Waals surface area contributed by atoms with Crippen LogP contribution in [0.15, 0.2) is 5.51 Å². The average Bonchev–Trinajstić information content (AvgIpc) is 2.78. The summed E-state index contributed by atoms with van der Waals surface area (Å²) in [4.78, 5) is 11.1. The third kappa shape index (κ3) is 1.80. The van der Waals surface area contributed by atoms with Crippen LogP contribution in [0.2, 0.25) is 0 Å². The van der Waals surface area contributed by atoms with Gasteiger partial charge in [-0.3, -0.25) is 4.79 Å². The van der Waals surface area contributed by atoms with E-state index in [4.69, 9.17) is 9.84 Å². The van der Waals surface area contributed by atoms with Crippen molar-refractivity contribution in [2.24, 2.45) is 5.41 Å². The highest BCUT2D eigenvalue weighted by Crippen LogP contribution is 2.31. The van der Waals surface area contributed by atoms with E-state index >= 15 is 0 Å². The van der Waals surface area contributed by atoms with Crippen LogP contribution in [0, 0.1) is 5.41 Å². The van der Waals surface area contributed by atoms with Crippen molar-refractivity contribution in [1.29, 1.82) is 0 Å². The minimum Gasteiger partial charge on any atom is -0.481 e. The van der Waals surface area contributed by atoms with Crippen LogP contribution in [0.4, 0.5) is 5.13 Å². The van der Waals surface area contributed by atoms with Crippen molar-refractivity contribution in [2.75, 3.05) is 18.5 Å². The van der Waals surface area contributed by atoms with Gasteiger partial charge in [0.15, 0.2) is 0 Å². The Bertz CT molecular complexity index is 356. The summed E-state index contributed by atoms with van der Waals surface area (Å²) in [5, 5.41) is 20.3. The van der Waals surface area contributed by atoms with Crippen LogP contribution in [-0.4, -0.2) is 40.5 Å². The monoisotopic (exact) mass is 229 g/mol. The first-order chi connectivity index (χ1) is 7.13. The zero-order valence-corrected chi connectivity index (χ0v) is 8.95. The lowest BCUT2D eigenvalue weighted by atomic mass is 9.85. The zero-order chi connectivity index (χ0) is 10.9. The van der Waals surface area contributed by atoms with E-state index in [9.17, 15) is 4.79 Å². The minimum atomic E-state index is -0.897. The van der Waals surface area contributed by atoms with Crippen molar-refractivity contribution in [1.82, 2.24) is 10.2 Å². The lowest BCUT2D eigenvalue weighted by Crippen LogP contribution is -2.43. The highest BCUT2D eigenvalue weighted by molar-refractivity contribution is 7.13. The van der Waals surface area contributed by atoms with Gasteiger partial charge in [0.1, 0.15) is 10.9 Å². The number of nitrogens with one attached hydrogen (secondary N) is 1. The molecule has 0 aliphatic carbocycles. The van der Waals surface area contributed by atoms with Crippen molar-refractivity contribution >= 4 is 22.4 Å². The molecule has 1 aromatic heterocycles. The summed E-state index contributed by atoms with van der Waals surface area (Å²) >= 11 is 1.34. The van der Waals surface area contributed by atoms with E-state index in [1.165, 1.54) is 11.3 Å². The summed E-state index contributed by atoms with van der Waals surface area (Å²) in [5.74, 6) is -0.859. The molecule has 2 atom stereocenters. The molecular weight excluding hydrogens is 218 g/mol. The Hall–Kier alpha value is -1.21. The van der Waals surface area contributed by atoms with E-state index < -0.39 is 11.4 Å². The molecule has 2 unspecified atom stereocenters. The number of carboxylic acids is 1. The molecule has 1 aromatic rings. The molecule has 1 saturated heterocycles. The largest absolute Gasteiger partial charge is 0.481 e. The summed E-state index contributed by atoms with van der Waals surface area (Å²) in [5.41, 5.74) is 0.696. The van der Waals surface area contributed by atoms with Gasteiger partial charge in [0, 0.05) is 0 Å². The van der Waals surface area contributed by atoms with Gasteiger partial charge in [-0.05, 0) is 6.92 Å². The van der Waals surface area contributed by atoms with Crippen LogP contribution in [0.5, 0.6) is 0 Å². The average molecular weight is 229 g/mol. The molecule has 6 nitrogen and oxygen atoms in total. The lowest BCUT2D eigenvalue weighted by Gasteiger charge is -2.24. The number of aromatic nitrogens is 2. The standard InChI is InChI=1S/C8H11N3O3S/c1-8(6(12)13)3-14-2-5(8)10-7-11-9-4-15-7/h4-5H,2-3H2,1H3,(H,10,11)(H,12,13). The van der Waals surface area contributed by atoms with E-state index in [1.54, 1.807) is 12.4 Å². The maximum absolute atomic E-state index is 11.1. The van der Waals surface area contributed by atoms with Crippen LogP contribution >= 0.6 is 11.3 Å². The number of rotatable bonds is 3. The molecule has 0 saturated carbocycles. The first kappa shape index (κ1) is 10.3. The van der Waals surface area contributed by atoms with Crippen molar-refractivity contribution in [2.45, 2.75) is 13.0 Å². The van der Waals surface area contributed by atoms with Gasteiger partial charge < -0.3 is 15.2 Å². The van der Waals surface area contributed by atoms with Gasteiger partial charge in [-0.15, -0.1) is 10.2 Å². The van der Waals surface area contributed by atoms with E-state index in [2.05, 4.69) is 15.5 Å². The fraction of sp³-hybridized carbons (Fsp3) is 0.625. The van der Waals surface area contributed by atoms with Gasteiger partial charge in [0.2, 0.25) is 5.13 Å². The summed E-state index contributed by atoms with van der Waals surface area (Å²) in [6.45, 7) is 2.27. The topological polar surface area (TPSA) is 84.3 Å². The molecule has 7 heteroatoms. The highest BCUT2D eigenvalue weighted by Gasteiger charge is 2.46. The van der Waals surface area contributed by atoms with Crippen molar-refractivity contribution in [3.63, 3.8) is 0 Å². The van der Waals surface area contributed by atoms with E-state index in [1.807, 2.05) is 0 Å². The number of aliphatic carboxylic acids is 1. The number of hydrogen-bond donors (Lipinski definition) is 2. The second-order valence-electron chi connectivity index (χ2n) is 3.68. The fourth-order valence-electron chi connectivity index (χ4n) is 1.47. The first-order valence-electron chi connectivity index (χ1n) is 4.47. The van der Waals surface area contributed by atoms with Crippen LogP contribution in [0.3, 0.4) is 0 Å². The second kappa shape index (κ2) is 3.74. The number of ether oxygens (including phenoxy) is 1.